The molecule has 0 saturated heterocycles. The molecule has 0 bridgehead atoms. The van der Waals surface area contributed by atoms with Gasteiger partial charge in [0.1, 0.15) is 0 Å². The first-order chi connectivity index (χ1) is 7.67. The van der Waals surface area contributed by atoms with Gasteiger partial charge in [-0.15, -0.1) is 11.3 Å². The van der Waals surface area contributed by atoms with Crippen LogP contribution in [0.5, 0.6) is 0 Å². The number of amides is 1. The summed E-state index contributed by atoms with van der Waals surface area (Å²) in [4.78, 5) is 13.0. The molecule has 6 heteroatoms. The molecule has 0 aromatic carbocycles. The van der Waals surface area contributed by atoms with E-state index in [1.165, 1.54) is 11.3 Å². The highest BCUT2D eigenvalue weighted by Gasteiger charge is 2.19. The number of hydrazine groups is 1. The molecule has 0 aliphatic heterocycles. The first-order valence-electron chi connectivity index (χ1n) is 4.87. The quantitative estimate of drug-likeness (QED) is 0.353. The molecule has 3 N–H and O–H groups in total. The Labute approximate surface area is 98.5 Å². The lowest BCUT2D eigenvalue weighted by Crippen LogP contribution is -2.29. The topological polar surface area (TPSA) is 73.6 Å². The number of aryl methyl sites for hydroxylation is 1. The van der Waals surface area contributed by atoms with Gasteiger partial charge in [0, 0.05) is 14.2 Å². The molecule has 0 spiro atoms. The van der Waals surface area contributed by atoms with Crippen molar-refractivity contribution in [3.8, 4) is 0 Å². The second-order valence-corrected chi connectivity index (χ2v) is 4.22. The zero-order valence-electron chi connectivity index (χ0n) is 9.57. The monoisotopic (exact) mass is 244 g/mol. The third-order valence-corrected chi connectivity index (χ3v) is 3.40. The SMILES string of the molecule is CCc1cc(C(OC)OC)sc1C(=O)NN. The maximum Gasteiger partial charge on any atom is 0.275 e. The van der Waals surface area contributed by atoms with E-state index in [1.807, 2.05) is 13.0 Å². The Bertz CT molecular complexity index is 361. The minimum absolute atomic E-state index is 0.279. The van der Waals surface area contributed by atoms with Gasteiger partial charge in [0.15, 0.2) is 6.29 Å². The van der Waals surface area contributed by atoms with Crippen LogP contribution in [0, 0.1) is 0 Å². The number of hydrogen-bond donors (Lipinski definition) is 2. The minimum Gasteiger partial charge on any atom is -0.351 e. The van der Waals surface area contributed by atoms with Crippen LogP contribution in [0.1, 0.15) is 33.3 Å². The van der Waals surface area contributed by atoms with Crippen molar-refractivity contribution in [3.63, 3.8) is 0 Å². The van der Waals surface area contributed by atoms with Gasteiger partial charge in [-0.3, -0.25) is 10.2 Å². The van der Waals surface area contributed by atoms with E-state index >= 15 is 0 Å². The van der Waals surface area contributed by atoms with Crippen LogP contribution in [-0.2, 0) is 15.9 Å². The van der Waals surface area contributed by atoms with Gasteiger partial charge in [0.25, 0.3) is 5.91 Å². The van der Waals surface area contributed by atoms with Crippen LogP contribution < -0.4 is 11.3 Å². The molecule has 0 atom stereocenters. The summed E-state index contributed by atoms with van der Waals surface area (Å²) < 4.78 is 10.3. The number of carbonyl (C=O) groups is 1. The largest absolute Gasteiger partial charge is 0.351 e. The number of nitrogen functional groups attached to an aromatic ring is 1. The number of methoxy groups -OCH3 is 2. The van der Waals surface area contributed by atoms with Crippen molar-refractivity contribution in [2.75, 3.05) is 14.2 Å². The normalized spacial score (nSPS) is 10.8. The van der Waals surface area contributed by atoms with Gasteiger partial charge in [-0.05, 0) is 18.1 Å². The molecule has 1 heterocycles. The van der Waals surface area contributed by atoms with Crippen molar-refractivity contribution in [1.29, 1.82) is 0 Å². The van der Waals surface area contributed by atoms with E-state index in [-0.39, 0.29) is 5.91 Å². The molecule has 1 aromatic heterocycles. The lowest BCUT2D eigenvalue weighted by molar-refractivity contribution is -0.103. The van der Waals surface area contributed by atoms with E-state index < -0.39 is 6.29 Å². The molecule has 0 aliphatic carbocycles. The molecular weight excluding hydrogens is 228 g/mol. The molecule has 1 amide bonds. The molecule has 0 aliphatic rings. The number of thiophene rings is 1. The van der Waals surface area contributed by atoms with Gasteiger partial charge in [0.05, 0.1) is 9.75 Å². The standard InChI is InChI=1S/C10H16N2O3S/c1-4-6-5-7(10(14-2)15-3)16-8(6)9(13)12-11/h5,10H,4,11H2,1-3H3,(H,12,13). The summed E-state index contributed by atoms with van der Waals surface area (Å²) in [6, 6.07) is 1.91. The van der Waals surface area contributed by atoms with Crippen molar-refractivity contribution in [2.24, 2.45) is 5.84 Å². The van der Waals surface area contributed by atoms with Crippen LogP contribution in [0.25, 0.3) is 0 Å². The van der Waals surface area contributed by atoms with E-state index in [4.69, 9.17) is 15.3 Å². The maximum absolute atomic E-state index is 11.5. The Morgan fingerprint density at radius 3 is 2.62 bits per heavy atom. The van der Waals surface area contributed by atoms with E-state index in [2.05, 4.69) is 5.43 Å². The molecule has 16 heavy (non-hydrogen) atoms. The van der Waals surface area contributed by atoms with Gasteiger partial charge < -0.3 is 9.47 Å². The lowest BCUT2D eigenvalue weighted by atomic mass is 10.2. The second-order valence-electron chi connectivity index (χ2n) is 3.13. The molecule has 0 saturated carbocycles. The van der Waals surface area contributed by atoms with Crippen molar-refractivity contribution in [2.45, 2.75) is 19.6 Å². The number of nitrogens with one attached hydrogen (secondary N) is 1. The van der Waals surface area contributed by atoms with E-state index in [0.717, 1.165) is 16.9 Å². The van der Waals surface area contributed by atoms with Crippen LogP contribution in [0.2, 0.25) is 0 Å². The van der Waals surface area contributed by atoms with Gasteiger partial charge in [-0.2, -0.15) is 0 Å². The summed E-state index contributed by atoms with van der Waals surface area (Å²) in [6.45, 7) is 1.98. The average Bonchev–Trinajstić information content (AvgIpc) is 2.73. The Hall–Kier alpha value is -0.950. The number of rotatable bonds is 5. The van der Waals surface area contributed by atoms with Crippen molar-refractivity contribution in [1.82, 2.24) is 5.43 Å². The first kappa shape index (κ1) is 13.1. The Kier molecular flexibility index (Phi) is 4.88. The summed E-state index contributed by atoms with van der Waals surface area (Å²) >= 11 is 1.33. The maximum atomic E-state index is 11.5. The number of hydrogen-bond acceptors (Lipinski definition) is 5. The molecule has 1 rings (SSSR count). The third-order valence-electron chi connectivity index (χ3n) is 2.21. The lowest BCUT2D eigenvalue weighted by Gasteiger charge is -2.10. The zero-order valence-corrected chi connectivity index (χ0v) is 10.4. The summed E-state index contributed by atoms with van der Waals surface area (Å²) in [5, 5.41) is 0. The van der Waals surface area contributed by atoms with Crippen LogP contribution in [0.4, 0.5) is 0 Å². The highest BCUT2D eigenvalue weighted by atomic mass is 32.1. The highest BCUT2D eigenvalue weighted by Crippen LogP contribution is 2.30. The fourth-order valence-electron chi connectivity index (χ4n) is 1.42. The Morgan fingerprint density at radius 2 is 2.19 bits per heavy atom. The van der Waals surface area contributed by atoms with Crippen LogP contribution >= 0.6 is 11.3 Å². The summed E-state index contributed by atoms with van der Waals surface area (Å²) in [5.41, 5.74) is 3.08. The summed E-state index contributed by atoms with van der Waals surface area (Å²) in [5.74, 6) is 4.84. The van der Waals surface area contributed by atoms with Crippen molar-refractivity contribution in [3.05, 3.63) is 21.4 Å². The van der Waals surface area contributed by atoms with Gasteiger partial charge >= 0.3 is 0 Å². The van der Waals surface area contributed by atoms with Crippen LogP contribution in [0.15, 0.2) is 6.07 Å². The predicted octanol–water partition coefficient (Wildman–Crippen LogP) is 1.21. The fraction of sp³-hybridized carbons (Fsp3) is 0.500. The molecule has 0 unspecified atom stereocenters. The first-order valence-corrected chi connectivity index (χ1v) is 5.68. The van der Waals surface area contributed by atoms with Gasteiger partial charge in [0.2, 0.25) is 0 Å². The number of ether oxygens (including phenoxy) is 2. The van der Waals surface area contributed by atoms with Crippen molar-refractivity contribution < 1.29 is 14.3 Å². The number of nitrogens with two attached hydrogens (primary N) is 1. The molecule has 1 aromatic rings. The predicted molar refractivity (Wildman–Crippen MR) is 62.1 cm³/mol. The Morgan fingerprint density at radius 1 is 1.56 bits per heavy atom. The van der Waals surface area contributed by atoms with Crippen LogP contribution in [-0.4, -0.2) is 20.1 Å². The van der Waals surface area contributed by atoms with Crippen LogP contribution in [0.3, 0.4) is 0 Å². The zero-order chi connectivity index (χ0) is 12.1. The molecule has 0 fully saturated rings. The summed E-state index contributed by atoms with van der Waals surface area (Å²) in [6.07, 6.45) is 0.328. The summed E-state index contributed by atoms with van der Waals surface area (Å²) in [7, 11) is 3.12. The third kappa shape index (κ3) is 2.59. The minimum atomic E-state index is -0.436. The fourth-order valence-corrected chi connectivity index (χ4v) is 2.63. The van der Waals surface area contributed by atoms with Crippen molar-refractivity contribution >= 4 is 17.2 Å². The smallest absolute Gasteiger partial charge is 0.275 e. The molecule has 0 radical (unpaired) electrons. The van der Waals surface area contributed by atoms with E-state index in [9.17, 15) is 4.79 Å². The molecular formula is C10H16N2O3S. The average molecular weight is 244 g/mol. The van der Waals surface area contributed by atoms with E-state index in [0.29, 0.717) is 4.88 Å². The molecule has 90 valence electrons. The van der Waals surface area contributed by atoms with Gasteiger partial charge in [-0.1, -0.05) is 6.92 Å². The van der Waals surface area contributed by atoms with Gasteiger partial charge in [-0.25, -0.2) is 5.84 Å². The number of carbonyl (C=O) groups excluding carboxylic acids is 1. The molecule has 5 nitrogen and oxygen atoms in total. The van der Waals surface area contributed by atoms with E-state index in [1.54, 1.807) is 14.2 Å². The second kappa shape index (κ2) is 5.95. The Balaban J connectivity index is 3.06. The highest BCUT2D eigenvalue weighted by molar-refractivity contribution is 7.14.